The van der Waals surface area contributed by atoms with E-state index in [4.69, 9.17) is 5.73 Å². The molecule has 14 heavy (non-hydrogen) atoms. The number of thioether (sulfide) groups is 1. The summed E-state index contributed by atoms with van der Waals surface area (Å²) in [6.45, 7) is 1.46. The van der Waals surface area contributed by atoms with Crippen LogP contribution in [0.15, 0.2) is 0 Å². The Morgan fingerprint density at radius 1 is 1.64 bits per heavy atom. The number of nitrogens with two attached hydrogens (primary N) is 1. The first-order valence-corrected chi connectivity index (χ1v) is 5.45. The molecule has 0 bridgehead atoms. The number of amides is 3. The average molecular weight is 216 g/mol. The van der Waals surface area contributed by atoms with Gasteiger partial charge < -0.3 is 5.73 Å². The lowest BCUT2D eigenvalue weighted by Gasteiger charge is -2.19. The van der Waals surface area contributed by atoms with Crippen molar-refractivity contribution >= 4 is 29.5 Å². The summed E-state index contributed by atoms with van der Waals surface area (Å²) in [6.07, 6.45) is 1.92. The maximum absolute atomic E-state index is 11.6. The average Bonchev–Trinajstić information content (AvgIpc) is 2.40. The van der Waals surface area contributed by atoms with Crippen molar-refractivity contribution in [3.8, 4) is 0 Å². The van der Waals surface area contributed by atoms with Gasteiger partial charge in [-0.3, -0.25) is 19.3 Å². The molecule has 1 rings (SSSR count). The Bertz CT molecular complexity index is 292. The normalized spacial score (nSPS) is 24.1. The molecule has 3 amide bonds. The van der Waals surface area contributed by atoms with E-state index in [2.05, 4.69) is 0 Å². The summed E-state index contributed by atoms with van der Waals surface area (Å²) in [5.74, 6) is -1.29. The minimum absolute atomic E-state index is 0.164. The van der Waals surface area contributed by atoms with Gasteiger partial charge in [0.1, 0.15) is 6.04 Å². The molecule has 1 saturated heterocycles. The molecule has 5 nitrogen and oxygen atoms in total. The Kier molecular flexibility index (Phi) is 3.15. The fraction of sp³-hybridized carbons (Fsp3) is 0.625. The van der Waals surface area contributed by atoms with Gasteiger partial charge in [-0.1, -0.05) is 0 Å². The quantitative estimate of drug-likeness (QED) is 0.636. The number of likely N-dealkylation sites (tertiary alicyclic amines) is 1. The summed E-state index contributed by atoms with van der Waals surface area (Å²) in [7, 11) is 0. The van der Waals surface area contributed by atoms with Gasteiger partial charge in [0, 0.05) is 6.42 Å². The van der Waals surface area contributed by atoms with Crippen LogP contribution in [0.4, 0.5) is 0 Å². The van der Waals surface area contributed by atoms with Crippen molar-refractivity contribution in [2.45, 2.75) is 24.6 Å². The van der Waals surface area contributed by atoms with E-state index in [1.54, 1.807) is 6.26 Å². The summed E-state index contributed by atoms with van der Waals surface area (Å²) < 4.78 is 0. The number of imide groups is 1. The van der Waals surface area contributed by atoms with E-state index in [0.717, 1.165) is 4.90 Å². The zero-order chi connectivity index (χ0) is 10.9. The molecule has 1 fully saturated rings. The van der Waals surface area contributed by atoms with Crippen molar-refractivity contribution in [1.82, 2.24) is 4.90 Å². The van der Waals surface area contributed by atoms with Gasteiger partial charge in [0.15, 0.2) is 0 Å². The van der Waals surface area contributed by atoms with E-state index >= 15 is 0 Å². The summed E-state index contributed by atoms with van der Waals surface area (Å²) in [6, 6.07) is -0.841. The van der Waals surface area contributed by atoms with Gasteiger partial charge in [-0.25, -0.2) is 0 Å². The van der Waals surface area contributed by atoms with Crippen molar-refractivity contribution < 1.29 is 14.4 Å². The largest absolute Gasteiger partial charge is 0.368 e. The van der Waals surface area contributed by atoms with Gasteiger partial charge in [0.25, 0.3) is 0 Å². The number of nitrogens with zero attached hydrogens (tertiary/aromatic N) is 1. The molecule has 2 unspecified atom stereocenters. The maximum Gasteiger partial charge on any atom is 0.243 e. The number of carbonyl (C=O) groups excluding carboxylic acids is 3. The second-order valence-electron chi connectivity index (χ2n) is 3.11. The van der Waals surface area contributed by atoms with Crippen molar-refractivity contribution in [2.24, 2.45) is 5.73 Å². The predicted molar refractivity (Wildman–Crippen MR) is 52.4 cm³/mol. The Morgan fingerprint density at radius 2 is 2.21 bits per heavy atom. The van der Waals surface area contributed by atoms with E-state index in [9.17, 15) is 14.4 Å². The van der Waals surface area contributed by atoms with Crippen LogP contribution in [0.3, 0.4) is 0 Å². The third-order valence-electron chi connectivity index (χ3n) is 2.23. The molecule has 0 spiro atoms. The van der Waals surface area contributed by atoms with Gasteiger partial charge in [-0.2, -0.15) is 11.8 Å². The second-order valence-corrected chi connectivity index (χ2v) is 4.15. The molecule has 2 atom stereocenters. The third-order valence-corrected chi connectivity index (χ3v) is 3.16. The van der Waals surface area contributed by atoms with Gasteiger partial charge in [-0.15, -0.1) is 0 Å². The van der Waals surface area contributed by atoms with Gasteiger partial charge in [0.2, 0.25) is 17.7 Å². The fourth-order valence-electron chi connectivity index (χ4n) is 1.34. The predicted octanol–water partition coefficient (Wildman–Crippen LogP) is -0.649. The lowest BCUT2D eigenvalue weighted by molar-refractivity contribution is -0.145. The number of hydrogen-bond donors (Lipinski definition) is 1. The van der Waals surface area contributed by atoms with Crippen molar-refractivity contribution in [1.29, 1.82) is 0 Å². The first-order chi connectivity index (χ1) is 6.49. The zero-order valence-electron chi connectivity index (χ0n) is 8.02. The highest BCUT2D eigenvalue weighted by molar-refractivity contribution is 8.00. The molecule has 0 aromatic rings. The molecule has 1 heterocycles. The van der Waals surface area contributed by atoms with Crippen LogP contribution >= 0.6 is 11.8 Å². The van der Waals surface area contributed by atoms with Crippen LogP contribution in [0.2, 0.25) is 0 Å². The highest BCUT2D eigenvalue weighted by Gasteiger charge is 2.42. The summed E-state index contributed by atoms with van der Waals surface area (Å²) in [4.78, 5) is 34.8. The molecule has 78 valence electrons. The molecule has 1 aliphatic rings. The minimum atomic E-state index is -0.841. The molecule has 0 aromatic heterocycles. The molecule has 0 aliphatic carbocycles. The molecule has 0 saturated carbocycles. The topological polar surface area (TPSA) is 80.5 Å². The van der Waals surface area contributed by atoms with Gasteiger partial charge in [-0.05, 0) is 13.2 Å². The van der Waals surface area contributed by atoms with E-state index in [1.165, 1.54) is 18.7 Å². The molecule has 2 N–H and O–H groups in total. The summed E-state index contributed by atoms with van der Waals surface area (Å²) >= 11 is 1.31. The van der Waals surface area contributed by atoms with Crippen LogP contribution in [-0.4, -0.2) is 40.2 Å². The smallest absolute Gasteiger partial charge is 0.243 e. The first kappa shape index (κ1) is 11.0. The number of carbonyl (C=O) groups is 3. The molecule has 1 aliphatic heterocycles. The number of primary amides is 1. The second kappa shape index (κ2) is 4.00. The lowest BCUT2D eigenvalue weighted by atomic mass is 10.3. The summed E-state index contributed by atoms with van der Waals surface area (Å²) in [5, 5.41) is -0.357. The summed E-state index contributed by atoms with van der Waals surface area (Å²) in [5.41, 5.74) is 5.04. The molecule has 0 aromatic carbocycles. The number of hydrogen-bond acceptors (Lipinski definition) is 4. The molecular weight excluding hydrogens is 204 g/mol. The van der Waals surface area contributed by atoms with Crippen LogP contribution in [0.1, 0.15) is 13.3 Å². The third kappa shape index (κ3) is 1.75. The van der Waals surface area contributed by atoms with Crippen molar-refractivity contribution in [3.63, 3.8) is 0 Å². The Balaban J connectivity index is 2.85. The fourth-order valence-corrected chi connectivity index (χ4v) is 1.96. The Morgan fingerprint density at radius 3 is 2.57 bits per heavy atom. The van der Waals surface area contributed by atoms with Crippen molar-refractivity contribution in [2.75, 3.05) is 6.26 Å². The van der Waals surface area contributed by atoms with Crippen LogP contribution in [0.25, 0.3) is 0 Å². The first-order valence-electron chi connectivity index (χ1n) is 4.17. The van der Waals surface area contributed by atoms with E-state index < -0.39 is 11.9 Å². The van der Waals surface area contributed by atoms with E-state index in [0.29, 0.717) is 0 Å². The number of rotatable bonds is 3. The zero-order valence-corrected chi connectivity index (χ0v) is 8.84. The Hall–Kier alpha value is -1.04. The van der Waals surface area contributed by atoms with Crippen LogP contribution in [0.5, 0.6) is 0 Å². The van der Waals surface area contributed by atoms with E-state index in [-0.39, 0.29) is 23.5 Å². The van der Waals surface area contributed by atoms with Crippen LogP contribution in [-0.2, 0) is 14.4 Å². The maximum atomic E-state index is 11.6. The molecule has 6 heteroatoms. The molecular formula is C8H12N2O3S. The lowest BCUT2D eigenvalue weighted by Crippen LogP contribution is -2.46. The monoisotopic (exact) mass is 216 g/mol. The van der Waals surface area contributed by atoms with Crippen LogP contribution < -0.4 is 5.73 Å². The standard InChI is InChI=1S/C8H12N2O3S/c1-4(7(9)12)10-6(11)3-5(14-2)8(10)13/h4-5H,3H2,1-2H3,(H2,9,12). The SMILES string of the molecule is CSC1CC(=O)N(C(C)C(N)=O)C1=O. The van der Waals surface area contributed by atoms with E-state index in [1.807, 2.05) is 0 Å². The van der Waals surface area contributed by atoms with Gasteiger partial charge in [0.05, 0.1) is 5.25 Å². The molecule has 0 radical (unpaired) electrons. The highest BCUT2D eigenvalue weighted by Crippen LogP contribution is 2.24. The van der Waals surface area contributed by atoms with Crippen molar-refractivity contribution in [3.05, 3.63) is 0 Å². The minimum Gasteiger partial charge on any atom is -0.368 e. The van der Waals surface area contributed by atoms with Gasteiger partial charge >= 0.3 is 0 Å². The van der Waals surface area contributed by atoms with Crippen LogP contribution in [0, 0.1) is 0 Å². The highest BCUT2D eigenvalue weighted by atomic mass is 32.2. The Labute approximate surface area is 86.0 Å².